The van der Waals surface area contributed by atoms with Crippen LogP contribution >= 0.6 is 0 Å². The molecule has 3 rings (SSSR count). The van der Waals surface area contributed by atoms with Crippen LogP contribution in [-0.4, -0.2) is 26.9 Å². The van der Waals surface area contributed by atoms with E-state index in [0.717, 1.165) is 0 Å². The number of hydrogen-bond donors (Lipinski definition) is 0. The highest BCUT2D eigenvalue weighted by molar-refractivity contribution is 5.47. The van der Waals surface area contributed by atoms with E-state index >= 15 is 0 Å². The lowest BCUT2D eigenvalue weighted by molar-refractivity contribution is 0.0463. The molecule has 0 amide bonds. The Morgan fingerprint density at radius 2 is 1.50 bits per heavy atom. The minimum absolute atomic E-state index is 0.134. The fourth-order valence-corrected chi connectivity index (χ4v) is 3.41. The van der Waals surface area contributed by atoms with Crippen molar-refractivity contribution >= 4 is 0 Å². The van der Waals surface area contributed by atoms with Gasteiger partial charge in [0.05, 0.1) is 12.7 Å². The van der Waals surface area contributed by atoms with Crippen molar-refractivity contribution in [1.82, 2.24) is 0 Å². The molecule has 1 aliphatic carbocycles. The van der Waals surface area contributed by atoms with E-state index in [4.69, 9.17) is 9.47 Å². The van der Waals surface area contributed by atoms with Gasteiger partial charge in [-0.1, -0.05) is 54.6 Å². The number of ether oxygens (including phenoxy) is 2. The number of methoxy groups -OCH3 is 2. The van der Waals surface area contributed by atoms with Gasteiger partial charge in [0.25, 0.3) is 0 Å². The van der Waals surface area contributed by atoms with Crippen LogP contribution in [0.15, 0.2) is 54.6 Å². The normalized spacial score (nSPS) is 24.6. The summed E-state index contributed by atoms with van der Waals surface area (Å²) in [5.74, 6) is 0.587. The summed E-state index contributed by atoms with van der Waals surface area (Å²) in [6.07, 6.45) is 0.134. The molecule has 0 bridgehead atoms. The molecule has 0 spiro atoms. The molecular formula is C18H20O2. The Hall–Kier alpha value is -1.64. The number of fused-ring (bicyclic) bond motifs is 1. The first kappa shape index (κ1) is 13.3. The molecule has 0 aliphatic heterocycles. The molecule has 0 radical (unpaired) electrons. The highest BCUT2D eigenvalue weighted by atomic mass is 16.5. The first-order valence-electron chi connectivity index (χ1n) is 7.02. The zero-order valence-corrected chi connectivity index (χ0v) is 12.0. The summed E-state index contributed by atoms with van der Waals surface area (Å²) in [5.41, 5.74) is 4.04. The summed E-state index contributed by atoms with van der Waals surface area (Å²) in [6, 6.07) is 19.2. The van der Waals surface area contributed by atoms with Crippen molar-refractivity contribution in [3.63, 3.8) is 0 Å². The van der Waals surface area contributed by atoms with Crippen LogP contribution in [0.25, 0.3) is 0 Å². The first-order chi connectivity index (χ1) is 9.86. The third kappa shape index (κ3) is 2.15. The van der Waals surface area contributed by atoms with Gasteiger partial charge in [-0.05, 0) is 16.7 Å². The molecule has 0 heterocycles. The number of benzene rings is 2. The zero-order valence-electron chi connectivity index (χ0n) is 12.0. The summed E-state index contributed by atoms with van der Waals surface area (Å²) in [6.45, 7) is 0.693. The maximum absolute atomic E-state index is 5.85. The number of rotatable bonds is 4. The molecule has 20 heavy (non-hydrogen) atoms. The summed E-state index contributed by atoms with van der Waals surface area (Å²) < 4.78 is 11.3. The van der Waals surface area contributed by atoms with Crippen LogP contribution in [0.4, 0.5) is 0 Å². The molecule has 2 nitrogen and oxygen atoms in total. The van der Waals surface area contributed by atoms with Crippen LogP contribution in [0.1, 0.15) is 28.5 Å². The van der Waals surface area contributed by atoms with E-state index in [2.05, 4.69) is 54.6 Å². The van der Waals surface area contributed by atoms with E-state index in [1.54, 1.807) is 14.2 Å². The van der Waals surface area contributed by atoms with E-state index in [9.17, 15) is 0 Å². The smallest absolute Gasteiger partial charge is 0.0771 e. The van der Waals surface area contributed by atoms with Crippen LogP contribution < -0.4 is 0 Å². The standard InChI is InChI=1S/C18H20O2/c1-19-12-16-14-10-6-7-11-15(14)17(18(16)20-2)13-8-4-3-5-9-13/h3-11,16-18H,12H2,1-2H3/t16-,17+,18+/m1/s1. The van der Waals surface area contributed by atoms with Crippen LogP contribution in [0.3, 0.4) is 0 Å². The molecule has 3 atom stereocenters. The van der Waals surface area contributed by atoms with Gasteiger partial charge in [-0.2, -0.15) is 0 Å². The van der Waals surface area contributed by atoms with Crippen LogP contribution in [-0.2, 0) is 9.47 Å². The lowest BCUT2D eigenvalue weighted by Gasteiger charge is -2.24. The molecule has 0 N–H and O–H groups in total. The van der Waals surface area contributed by atoms with E-state index in [1.807, 2.05) is 0 Å². The topological polar surface area (TPSA) is 18.5 Å². The van der Waals surface area contributed by atoms with Crippen molar-refractivity contribution in [3.8, 4) is 0 Å². The molecule has 2 aromatic carbocycles. The molecule has 104 valence electrons. The van der Waals surface area contributed by atoms with Crippen molar-refractivity contribution in [3.05, 3.63) is 71.3 Å². The van der Waals surface area contributed by atoms with Crippen molar-refractivity contribution in [1.29, 1.82) is 0 Å². The third-order valence-electron chi connectivity index (χ3n) is 4.23. The average molecular weight is 268 g/mol. The second-order valence-corrected chi connectivity index (χ2v) is 5.28. The van der Waals surface area contributed by atoms with Crippen LogP contribution in [0, 0.1) is 0 Å². The lowest BCUT2D eigenvalue weighted by Crippen LogP contribution is -2.24. The van der Waals surface area contributed by atoms with Crippen molar-refractivity contribution < 1.29 is 9.47 Å². The Labute approximate surface area is 120 Å². The van der Waals surface area contributed by atoms with Gasteiger partial charge < -0.3 is 9.47 Å². The summed E-state index contributed by atoms with van der Waals surface area (Å²) in [7, 11) is 3.56. The Bertz CT molecular complexity index is 565. The minimum Gasteiger partial charge on any atom is -0.384 e. The predicted molar refractivity (Wildman–Crippen MR) is 80.1 cm³/mol. The molecule has 0 aromatic heterocycles. The fraction of sp³-hybridized carbons (Fsp3) is 0.333. The summed E-state index contributed by atoms with van der Waals surface area (Å²) in [4.78, 5) is 0. The first-order valence-corrected chi connectivity index (χ1v) is 7.02. The molecular weight excluding hydrogens is 248 g/mol. The van der Waals surface area contributed by atoms with Crippen LogP contribution in [0.5, 0.6) is 0 Å². The Balaban J connectivity index is 2.09. The van der Waals surface area contributed by atoms with Crippen molar-refractivity contribution in [2.24, 2.45) is 0 Å². The molecule has 0 unspecified atom stereocenters. The molecule has 2 aromatic rings. The Morgan fingerprint density at radius 1 is 0.850 bits per heavy atom. The van der Waals surface area contributed by atoms with Crippen LogP contribution in [0.2, 0.25) is 0 Å². The number of hydrogen-bond acceptors (Lipinski definition) is 2. The van der Waals surface area contributed by atoms with Gasteiger partial charge in [0.2, 0.25) is 0 Å². The van der Waals surface area contributed by atoms with Gasteiger partial charge in [-0.3, -0.25) is 0 Å². The van der Waals surface area contributed by atoms with Crippen molar-refractivity contribution in [2.75, 3.05) is 20.8 Å². The van der Waals surface area contributed by atoms with Gasteiger partial charge in [0, 0.05) is 26.1 Å². The van der Waals surface area contributed by atoms with Gasteiger partial charge in [0.15, 0.2) is 0 Å². The third-order valence-corrected chi connectivity index (χ3v) is 4.23. The quantitative estimate of drug-likeness (QED) is 0.844. The predicted octanol–water partition coefficient (Wildman–Crippen LogP) is 3.58. The van der Waals surface area contributed by atoms with Gasteiger partial charge >= 0.3 is 0 Å². The monoisotopic (exact) mass is 268 g/mol. The maximum atomic E-state index is 5.85. The summed E-state index contributed by atoms with van der Waals surface area (Å²) in [5, 5.41) is 0. The highest BCUT2D eigenvalue weighted by Crippen LogP contribution is 2.46. The van der Waals surface area contributed by atoms with Gasteiger partial charge in [0.1, 0.15) is 0 Å². The molecule has 0 saturated heterocycles. The molecule has 1 aliphatic rings. The average Bonchev–Trinajstić information content (AvgIpc) is 2.82. The zero-order chi connectivity index (χ0) is 13.9. The Kier molecular flexibility index (Phi) is 3.86. The van der Waals surface area contributed by atoms with E-state index in [1.165, 1.54) is 16.7 Å². The maximum Gasteiger partial charge on any atom is 0.0771 e. The SMILES string of the molecule is COC[C@@H]1c2ccccc2[C@H](c2ccccc2)[C@H]1OC. The summed E-state index contributed by atoms with van der Waals surface area (Å²) >= 11 is 0. The lowest BCUT2D eigenvalue weighted by atomic mass is 9.90. The van der Waals surface area contributed by atoms with Gasteiger partial charge in [-0.15, -0.1) is 0 Å². The second-order valence-electron chi connectivity index (χ2n) is 5.28. The van der Waals surface area contributed by atoms with Crippen molar-refractivity contribution in [2.45, 2.75) is 17.9 Å². The highest BCUT2D eigenvalue weighted by Gasteiger charge is 2.41. The van der Waals surface area contributed by atoms with E-state index < -0.39 is 0 Å². The fourth-order valence-electron chi connectivity index (χ4n) is 3.41. The Morgan fingerprint density at radius 3 is 2.15 bits per heavy atom. The largest absolute Gasteiger partial charge is 0.384 e. The van der Waals surface area contributed by atoms with E-state index in [0.29, 0.717) is 12.5 Å². The molecule has 0 fully saturated rings. The van der Waals surface area contributed by atoms with Gasteiger partial charge in [-0.25, -0.2) is 0 Å². The van der Waals surface area contributed by atoms with E-state index in [-0.39, 0.29) is 12.0 Å². The minimum atomic E-state index is 0.134. The molecule has 2 heteroatoms. The second kappa shape index (κ2) is 5.78. The molecule has 0 saturated carbocycles.